The van der Waals surface area contributed by atoms with Crippen LogP contribution in [-0.2, 0) is 9.53 Å². The molecule has 3 N–H and O–H groups in total. The maximum absolute atomic E-state index is 13.5. The summed E-state index contributed by atoms with van der Waals surface area (Å²) in [6, 6.07) is 3.22. The molecule has 0 aliphatic carbocycles. The highest BCUT2D eigenvalue weighted by atomic mass is 35.5. The quantitative estimate of drug-likeness (QED) is 0.828. The summed E-state index contributed by atoms with van der Waals surface area (Å²) in [5, 5.41) is 9.15. The Labute approximate surface area is 109 Å². The molecule has 102 valence electrons. The van der Waals surface area contributed by atoms with Crippen LogP contribution in [0.2, 0.25) is 0 Å². The first kappa shape index (κ1) is 16.6. The lowest BCUT2D eigenvalue weighted by molar-refractivity contribution is -0.174. The van der Waals surface area contributed by atoms with Crippen molar-refractivity contribution in [3.63, 3.8) is 0 Å². The van der Waals surface area contributed by atoms with E-state index in [-0.39, 0.29) is 30.3 Å². The van der Waals surface area contributed by atoms with Gasteiger partial charge in [-0.05, 0) is 24.6 Å². The summed E-state index contributed by atoms with van der Waals surface area (Å²) in [5.41, 5.74) is 5.27. The van der Waals surface area contributed by atoms with Crippen molar-refractivity contribution < 1.29 is 23.4 Å². The van der Waals surface area contributed by atoms with Gasteiger partial charge < -0.3 is 15.6 Å². The van der Waals surface area contributed by atoms with Gasteiger partial charge in [-0.2, -0.15) is 8.78 Å². The molecule has 0 amide bonds. The number of carbonyl (C=O) groups excluding carboxylic acids is 1. The van der Waals surface area contributed by atoms with Gasteiger partial charge in [0.1, 0.15) is 11.8 Å². The lowest BCUT2D eigenvalue weighted by Gasteiger charge is -2.21. The molecule has 0 radical (unpaired) electrons. The van der Waals surface area contributed by atoms with Gasteiger partial charge in [0, 0.05) is 0 Å². The average molecular weight is 282 g/mol. The molecule has 7 heteroatoms. The molecule has 0 aliphatic rings. The molecule has 1 aromatic rings. The number of rotatable bonds is 4. The number of halogens is 3. The number of ether oxygens (including phenoxy) is 1. The first-order chi connectivity index (χ1) is 7.89. The van der Waals surface area contributed by atoms with E-state index in [9.17, 15) is 13.6 Å². The topological polar surface area (TPSA) is 72.5 Å². The van der Waals surface area contributed by atoms with Gasteiger partial charge in [0.25, 0.3) is 0 Å². The van der Waals surface area contributed by atoms with Crippen LogP contribution >= 0.6 is 12.4 Å². The number of hydrogen-bond acceptors (Lipinski definition) is 4. The molecule has 1 aromatic carbocycles. The lowest BCUT2D eigenvalue weighted by Crippen LogP contribution is -2.41. The minimum Gasteiger partial charge on any atom is -0.508 e. The van der Waals surface area contributed by atoms with Crippen molar-refractivity contribution in [1.29, 1.82) is 0 Å². The van der Waals surface area contributed by atoms with Crippen LogP contribution in [0.5, 0.6) is 5.75 Å². The third-order valence-corrected chi connectivity index (χ3v) is 2.17. The minimum absolute atomic E-state index is 0. The van der Waals surface area contributed by atoms with Gasteiger partial charge in [0.2, 0.25) is 0 Å². The van der Waals surface area contributed by atoms with Crippen molar-refractivity contribution in [2.45, 2.75) is 18.9 Å². The fourth-order valence-corrected chi connectivity index (χ4v) is 1.28. The van der Waals surface area contributed by atoms with E-state index in [1.54, 1.807) is 0 Å². The highest BCUT2D eigenvalue weighted by molar-refractivity contribution is 5.85. The summed E-state index contributed by atoms with van der Waals surface area (Å²) < 4.78 is 31.3. The zero-order valence-electron chi connectivity index (χ0n) is 9.60. The van der Waals surface area contributed by atoms with E-state index in [1.807, 2.05) is 0 Å². The van der Waals surface area contributed by atoms with E-state index in [2.05, 4.69) is 4.74 Å². The molecule has 0 bridgehead atoms. The molecule has 0 aliphatic heterocycles. The second-order valence-electron chi connectivity index (χ2n) is 3.42. The van der Waals surface area contributed by atoms with Crippen LogP contribution in [0.4, 0.5) is 8.78 Å². The molecule has 18 heavy (non-hydrogen) atoms. The Kier molecular flexibility index (Phi) is 6.00. The van der Waals surface area contributed by atoms with E-state index in [4.69, 9.17) is 10.8 Å². The molecule has 0 heterocycles. The van der Waals surface area contributed by atoms with Gasteiger partial charge in [0.15, 0.2) is 0 Å². The summed E-state index contributed by atoms with van der Waals surface area (Å²) in [6.07, 6.45) is 0. The van der Waals surface area contributed by atoms with Crippen LogP contribution in [-0.4, -0.2) is 23.6 Å². The number of nitrogens with two attached hydrogens (primary N) is 1. The number of carbonyl (C=O) groups is 1. The highest BCUT2D eigenvalue weighted by Gasteiger charge is 2.47. The number of hydrogen-bond donors (Lipinski definition) is 2. The Morgan fingerprint density at radius 1 is 1.56 bits per heavy atom. The monoisotopic (exact) mass is 281 g/mol. The average Bonchev–Trinajstić information content (AvgIpc) is 2.28. The van der Waals surface area contributed by atoms with Crippen LogP contribution < -0.4 is 5.73 Å². The smallest absolute Gasteiger partial charge is 0.379 e. The first-order valence-corrected chi connectivity index (χ1v) is 4.99. The number of aromatic hydroxyl groups is 1. The standard InChI is InChI=1S/C11H13F2NO3.ClH/c1-2-17-10(16)11(12,13)9(14)7-4-3-5-8(15)6-7;/h3-6,9,15H,2,14H2,1H3;1H/t9-;/m0./s1. The first-order valence-electron chi connectivity index (χ1n) is 4.99. The summed E-state index contributed by atoms with van der Waals surface area (Å²) in [7, 11) is 0. The van der Waals surface area contributed by atoms with Gasteiger partial charge in [-0.25, -0.2) is 4.79 Å². The van der Waals surface area contributed by atoms with Gasteiger partial charge in [-0.15, -0.1) is 12.4 Å². The Morgan fingerprint density at radius 3 is 2.67 bits per heavy atom. The Balaban J connectivity index is 0.00000289. The summed E-state index contributed by atoms with van der Waals surface area (Å²) >= 11 is 0. The third-order valence-electron chi connectivity index (χ3n) is 2.17. The lowest BCUT2D eigenvalue weighted by atomic mass is 10.0. The van der Waals surface area contributed by atoms with Crippen LogP contribution in [0.1, 0.15) is 18.5 Å². The van der Waals surface area contributed by atoms with Gasteiger partial charge in [-0.3, -0.25) is 0 Å². The minimum atomic E-state index is -3.83. The fraction of sp³-hybridized carbons (Fsp3) is 0.364. The summed E-state index contributed by atoms with van der Waals surface area (Å²) in [4.78, 5) is 11.0. The van der Waals surface area contributed by atoms with Gasteiger partial charge in [0.05, 0.1) is 6.61 Å². The second-order valence-corrected chi connectivity index (χ2v) is 3.42. The van der Waals surface area contributed by atoms with Crippen molar-refractivity contribution in [2.24, 2.45) is 5.73 Å². The normalized spacial score (nSPS) is 12.4. The predicted molar refractivity (Wildman–Crippen MR) is 63.9 cm³/mol. The predicted octanol–water partition coefficient (Wildman–Crippen LogP) is 2.01. The summed E-state index contributed by atoms with van der Waals surface area (Å²) in [6.45, 7) is 1.27. The van der Waals surface area contributed by atoms with Gasteiger partial charge >= 0.3 is 11.9 Å². The molecule has 0 saturated heterocycles. The van der Waals surface area contributed by atoms with Crippen LogP contribution in [0.3, 0.4) is 0 Å². The Hall–Kier alpha value is -1.40. The van der Waals surface area contributed by atoms with E-state index >= 15 is 0 Å². The number of esters is 1. The van der Waals surface area contributed by atoms with E-state index in [1.165, 1.54) is 25.1 Å². The maximum Gasteiger partial charge on any atom is 0.379 e. The molecule has 0 fully saturated rings. The van der Waals surface area contributed by atoms with Crippen LogP contribution in [0.15, 0.2) is 24.3 Å². The molecule has 0 unspecified atom stereocenters. The second kappa shape index (κ2) is 6.51. The molecular formula is C11H14ClF2NO3. The summed E-state index contributed by atoms with van der Waals surface area (Å²) in [5.74, 6) is -5.70. The van der Waals surface area contributed by atoms with E-state index in [0.29, 0.717) is 0 Å². The Bertz CT molecular complexity index is 415. The molecule has 1 atom stereocenters. The van der Waals surface area contributed by atoms with E-state index < -0.39 is 17.9 Å². The molecule has 4 nitrogen and oxygen atoms in total. The van der Waals surface area contributed by atoms with Crippen molar-refractivity contribution in [1.82, 2.24) is 0 Å². The molecule has 0 saturated carbocycles. The zero-order chi connectivity index (χ0) is 13.1. The van der Waals surface area contributed by atoms with Crippen molar-refractivity contribution in [3.05, 3.63) is 29.8 Å². The van der Waals surface area contributed by atoms with Crippen molar-refractivity contribution in [2.75, 3.05) is 6.61 Å². The fourth-order valence-electron chi connectivity index (χ4n) is 1.28. The highest BCUT2D eigenvalue weighted by Crippen LogP contribution is 2.31. The largest absolute Gasteiger partial charge is 0.508 e. The zero-order valence-corrected chi connectivity index (χ0v) is 10.4. The molecule has 0 aromatic heterocycles. The van der Waals surface area contributed by atoms with Crippen molar-refractivity contribution in [3.8, 4) is 5.75 Å². The molecular weight excluding hydrogens is 268 g/mol. The molecule has 0 spiro atoms. The van der Waals surface area contributed by atoms with Gasteiger partial charge in [-0.1, -0.05) is 12.1 Å². The maximum atomic E-state index is 13.5. The van der Waals surface area contributed by atoms with Crippen molar-refractivity contribution >= 4 is 18.4 Å². The molecule has 1 rings (SSSR count). The number of alkyl halides is 2. The number of phenolic OH excluding ortho intramolecular Hbond substituents is 1. The Morgan fingerprint density at radius 2 is 2.17 bits per heavy atom. The van der Waals surface area contributed by atoms with Crippen LogP contribution in [0, 0.1) is 0 Å². The number of benzene rings is 1. The van der Waals surface area contributed by atoms with Crippen LogP contribution in [0.25, 0.3) is 0 Å². The third kappa shape index (κ3) is 3.54. The van der Waals surface area contributed by atoms with E-state index in [0.717, 1.165) is 6.07 Å². The SMILES string of the molecule is CCOC(=O)C(F)(F)[C@@H](N)c1cccc(O)c1.Cl. The number of phenols is 1.